The van der Waals surface area contributed by atoms with Gasteiger partial charge in [-0.1, -0.05) is 0 Å². The van der Waals surface area contributed by atoms with Crippen LogP contribution in [0.1, 0.15) is 20.8 Å². The average Bonchev–Trinajstić information content (AvgIpc) is 2.32. The Labute approximate surface area is 99.3 Å². The lowest BCUT2D eigenvalue weighted by molar-refractivity contribution is 0.0650. The molecule has 0 bridgehead atoms. The van der Waals surface area contributed by atoms with Crippen molar-refractivity contribution in [3.05, 3.63) is 0 Å². The molecule has 5 nitrogen and oxygen atoms in total. The highest BCUT2D eigenvalue weighted by atomic mass is 16.5. The Hall–Kier alpha value is -0.200. The third-order valence-electron chi connectivity index (χ3n) is 1.17. The number of rotatable bonds is 7. The molecule has 0 aliphatic carbocycles. The number of methoxy groups -OCH3 is 1. The Kier molecular flexibility index (Phi) is 38.7. The minimum atomic E-state index is 0.0278. The third-order valence-corrected chi connectivity index (χ3v) is 1.17. The highest BCUT2D eigenvalue weighted by Gasteiger charge is 1.79. The van der Waals surface area contributed by atoms with Gasteiger partial charge in [-0.25, -0.2) is 0 Å². The Balaban J connectivity index is -0.000000166. The lowest BCUT2D eigenvalue weighted by Crippen LogP contribution is -2.03. The van der Waals surface area contributed by atoms with Gasteiger partial charge in [0.2, 0.25) is 0 Å². The Bertz CT molecular complexity index is 72.8. The van der Waals surface area contributed by atoms with E-state index in [-0.39, 0.29) is 13.2 Å². The first kappa shape index (κ1) is 21.1. The van der Waals surface area contributed by atoms with E-state index in [0.29, 0.717) is 13.2 Å². The van der Waals surface area contributed by atoms with E-state index in [2.05, 4.69) is 9.47 Å². The predicted octanol–water partition coefficient (Wildman–Crippen LogP) is 0.683. The lowest BCUT2D eigenvalue weighted by Gasteiger charge is -1.94. The number of aliphatic hydroxyl groups excluding tert-OH is 2. The van der Waals surface area contributed by atoms with E-state index >= 15 is 0 Å². The highest BCUT2D eigenvalue weighted by molar-refractivity contribution is 4.24. The van der Waals surface area contributed by atoms with Crippen molar-refractivity contribution < 1.29 is 24.4 Å². The van der Waals surface area contributed by atoms with Gasteiger partial charge in [-0.3, -0.25) is 0 Å². The van der Waals surface area contributed by atoms with Crippen molar-refractivity contribution in [2.45, 2.75) is 20.8 Å². The molecule has 5 heteroatoms. The zero-order chi connectivity index (χ0) is 13.1. The summed E-state index contributed by atoms with van der Waals surface area (Å²) < 4.78 is 14.0. The summed E-state index contributed by atoms with van der Waals surface area (Å²) in [6.07, 6.45) is 0. The van der Waals surface area contributed by atoms with Crippen LogP contribution in [-0.2, 0) is 14.2 Å². The maximum absolute atomic E-state index is 8.09. The maximum Gasteiger partial charge on any atom is 0.0698 e. The molecule has 0 saturated heterocycles. The van der Waals surface area contributed by atoms with Gasteiger partial charge in [0.15, 0.2) is 0 Å². The van der Waals surface area contributed by atoms with Crippen molar-refractivity contribution in [1.29, 1.82) is 0 Å². The van der Waals surface area contributed by atoms with Crippen LogP contribution in [0.25, 0.3) is 0 Å². The molecule has 0 fully saturated rings. The Morgan fingerprint density at radius 3 is 1.25 bits per heavy atom. The first-order valence-electron chi connectivity index (χ1n) is 5.61. The van der Waals surface area contributed by atoms with Crippen LogP contribution in [-0.4, -0.2) is 63.6 Å². The van der Waals surface area contributed by atoms with Gasteiger partial charge in [-0.15, -0.1) is 0 Å². The summed E-state index contributed by atoms with van der Waals surface area (Å²) in [4.78, 5) is 0. The van der Waals surface area contributed by atoms with E-state index in [1.54, 1.807) is 7.11 Å². The molecule has 0 amide bonds. The van der Waals surface area contributed by atoms with Gasteiger partial charge in [-0.2, -0.15) is 0 Å². The van der Waals surface area contributed by atoms with Crippen LogP contribution in [0.4, 0.5) is 0 Å². The van der Waals surface area contributed by atoms with Crippen molar-refractivity contribution in [3.8, 4) is 0 Å². The number of aliphatic hydroxyl groups is 2. The summed E-state index contributed by atoms with van der Waals surface area (Å²) >= 11 is 0. The molecule has 0 unspecified atom stereocenters. The van der Waals surface area contributed by atoms with Crippen LogP contribution < -0.4 is 0 Å². The molecule has 0 aromatic heterocycles. The molecule has 0 aliphatic rings. The first-order valence-corrected chi connectivity index (χ1v) is 5.61. The Morgan fingerprint density at radius 1 is 0.750 bits per heavy atom. The number of hydrogen-bond donors (Lipinski definition) is 2. The molecule has 0 spiro atoms. The van der Waals surface area contributed by atoms with Crippen LogP contribution in [0.3, 0.4) is 0 Å². The van der Waals surface area contributed by atoms with Crippen LogP contribution in [0.15, 0.2) is 0 Å². The van der Waals surface area contributed by atoms with E-state index in [0.717, 1.165) is 19.8 Å². The summed E-state index contributed by atoms with van der Waals surface area (Å²) in [5.74, 6) is 0. The number of ether oxygens (including phenoxy) is 3. The molecular formula is C11H28O5. The highest BCUT2D eigenvalue weighted by Crippen LogP contribution is 1.68. The molecule has 0 heterocycles. The van der Waals surface area contributed by atoms with Gasteiger partial charge in [0.05, 0.1) is 26.4 Å². The summed E-state index contributed by atoms with van der Waals surface area (Å²) in [6, 6.07) is 0. The van der Waals surface area contributed by atoms with Gasteiger partial charge in [0.1, 0.15) is 0 Å². The summed E-state index contributed by atoms with van der Waals surface area (Å²) in [5.41, 5.74) is 0. The summed E-state index contributed by atoms with van der Waals surface area (Å²) in [7, 11) is 1.68. The molecule has 0 saturated carbocycles. The number of hydrogen-bond acceptors (Lipinski definition) is 5. The van der Waals surface area contributed by atoms with Gasteiger partial charge in [0.25, 0.3) is 0 Å². The van der Waals surface area contributed by atoms with Crippen LogP contribution in [0.2, 0.25) is 0 Å². The molecule has 0 aliphatic heterocycles. The van der Waals surface area contributed by atoms with E-state index in [9.17, 15) is 0 Å². The fourth-order valence-corrected chi connectivity index (χ4v) is 0.435. The summed E-state index contributed by atoms with van der Waals surface area (Å²) in [6.45, 7) is 9.14. The van der Waals surface area contributed by atoms with E-state index in [4.69, 9.17) is 14.9 Å². The van der Waals surface area contributed by atoms with E-state index in [1.165, 1.54) is 0 Å². The fourth-order valence-electron chi connectivity index (χ4n) is 0.435. The van der Waals surface area contributed by atoms with Gasteiger partial charge < -0.3 is 24.4 Å². The smallest absolute Gasteiger partial charge is 0.0698 e. The van der Waals surface area contributed by atoms with E-state index in [1.807, 2.05) is 20.8 Å². The molecule has 0 rings (SSSR count). The third kappa shape index (κ3) is 48.9. The topological polar surface area (TPSA) is 68.2 Å². The van der Waals surface area contributed by atoms with E-state index < -0.39 is 0 Å². The average molecular weight is 240 g/mol. The fraction of sp³-hybridized carbons (Fsp3) is 1.00. The quantitative estimate of drug-likeness (QED) is 0.641. The van der Waals surface area contributed by atoms with Crippen molar-refractivity contribution in [3.63, 3.8) is 0 Å². The lowest BCUT2D eigenvalue weighted by atomic mass is 10.7. The monoisotopic (exact) mass is 240 g/mol. The second-order valence-electron chi connectivity index (χ2n) is 2.42. The van der Waals surface area contributed by atoms with Gasteiger partial charge in [0, 0.05) is 26.9 Å². The summed E-state index contributed by atoms with van der Waals surface area (Å²) in [5, 5.41) is 16.2. The molecular weight excluding hydrogens is 212 g/mol. The molecule has 102 valence electrons. The van der Waals surface area contributed by atoms with Crippen molar-refractivity contribution >= 4 is 0 Å². The molecule has 2 N–H and O–H groups in total. The molecule has 0 aromatic carbocycles. The largest absolute Gasteiger partial charge is 0.394 e. The minimum absolute atomic E-state index is 0.0278. The molecule has 16 heavy (non-hydrogen) atoms. The van der Waals surface area contributed by atoms with Crippen LogP contribution in [0.5, 0.6) is 0 Å². The SMILES string of the molecule is CCOC.CCOCC.OCCOCCO. The van der Waals surface area contributed by atoms with Crippen molar-refractivity contribution in [2.75, 3.05) is 53.4 Å². The van der Waals surface area contributed by atoms with Crippen LogP contribution >= 0.6 is 0 Å². The van der Waals surface area contributed by atoms with Gasteiger partial charge in [-0.05, 0) is 20.8 Å². The molecule has 0 radical (unpaired) electrons. The van der Waals surface area contributed by atoms with Gasteiger partial charge >= 0.3 is 0 Å². The molecule has 0 aromatic rings. The maximum atomic E-state index is 8.09. The van der Waals surface area contributed by atoms with Crippen molar-refractivity contribution in [2.24, 2.45) is 0 Å². The first-order chi connectivity index (χ1) is 7.74. The second kappa shape index (κ2) is 29.3. The minimum Gasteiger partial charge on any atom is -0.394 e. The second-order valence-corrected chi connectivity index (χ2v) is 2.42. The molecule has 0 atom stereocenters. The zero-order valence-electron chi connectivity index (χ0n) is 11.1. The standard InChI is InChI=1S/C4H10O3.C4H10O.C3H8O/c5-1-3-7-4-2-6;1-3-5-4-2;1-3-4-2/h5-6H,1-4H2;3-4H2,1-2H3;3H2,1-2H3. The van der Waals surface area contributed by atoms with Crippen LogP contribution in [0, 0.1) is 0 Å². The normalized spacial score (nSPS) is 8.62. The zero-order valence-corrected chi connectivity index (χ0v) is 11.1. The Morgan fingerprint density at radius 2 is 1.12 bits per heavy atom. The van der Waals surface area contributed by atoms with Crippen molar-refractivity contribution in [1.82, 2.24) is 0 Å². The predicted molar refractivity (Wildman–Crippen MR) is 64.7 cm³/mol.